The van der Waals surface area contributed by atoms with Gasteiger partial charge in [-0.15, -0.1) is 10.2 Å². The molecule has 0 aromatic carbocycles. The van der Waals surface area contributed by atoms with Gasteiger partial charge < -0.3 is 10.6 Å². The number of fused-ring (bicyclic) bond motifs is 1. The third-order valence-electron chi connectivity index (χ3n) is 3.27. The zero-order valence-corrected chi connectivity index (χ0v) is 11.3. The summed E-state index contributed by atoms with van der Waals surface area (Å²) in [7, 11) is 0. The van der Waals surface area contributed by atoms with Crippen LogP contribution in [0.15, 0.2) is 6.33 Å². The molecular formula is C11H16N6OS. The van der Waals surface area contributed by atoms with E-state index < -0.39 is 0 Å². The summed E-state index contributed by atoms with van der Waals surface area (Å²) >= 11 is 1.43. The van der Waals surface area contributed by atoms with Crippen LogP contribution in [0.1, 0.15) is 37.1 Å². The fourth-order valence-electron chi connectivity index (χ4n) is 2.31. The lowest BCUT2D eigenvalue weighted by Gasteiger charge is -2.22. The van der Waals surface area contributed by atoms with Crippen LogP contribution < -0.4 is 10.6 Å². The van der Waals surface area contributed by atoms with E-state index in [4.69, 9.17) is 0 Å². The van der Waals surface area contributed by atoms with E-state index in [1.54, 1.807) is 10.8 Å². The number of rotatable bonds is 3. The van der Waals surface area contributed by atoms with E-state index in [0.717, 1.165) is 22.8 Å². The first kappa shape index (κ1) is 12.3. The fraction of sp³-hybridized carbons (Fsp3) is 0.636. The summed E-state index contributed by atoms with van der Waals surface area (Å²) in [6.07, 6.45) is 7.43. The molecule has 0 saturated heterocycles. The Hall–Kier alpha value is -1.70. The number of carbonyl (C=O) groups excluding carboxylic acids is 1. The summed E-state index contributed by atoms with van der Waals surface area (Å²) in [6.45, 7) is 0.423. The minimum atomic E-state index is -0.113. The van der Waals surface area contributed by atoms with E-state index in [9.17, 15) is 4.79 Å². The Kier molecular flexibility index (Phi) is 3.58. The van der Waals surface area contributed by atoms with Crippen LogP contribution >= 0.6 is 11.3 Å². The molecule has 7 nitrogen and oxygen atoms in total. The highest BCUT2D eigenvalue weighted by molar-refractivity contribution is 7.16. The summed E-state index contributed by atoms with van der Waals surface area (Å²) in [5, 5.41) is 18.6. The van der Waals surface area contributed by atoms with Gasteiger partial charge in [0.2, 0.25) is 4.96 Å². The van der Waals surface area contributed by atoms with Crippen LogP contribution in [0, 0.1) is 0 Å². The first-order chi connectivity index (χ1) is 9.31. The van der Waals surface area contributed by atoms with Crippen molar-refractivity contribution in [3.63, 3.8) is 0 Å². The molecule has 2 heterocycles. The van der Waals surface area contributed by atoms with E-state index in [-0.39, 0.29) is 6.03 Å². The third kappa shape index (κ3) is 3.01. The molecule has 2 aromatic heterocycles. The number of nitrogens with one attached hydrogen (secondary N) is 2. The lowest BCUT2D eigenvalue weighted by atomic mass is 9.96. The maximum atomic E-state index is 11.8. The first-order valence-corrected chi connectivity index (χ1v) is 7.33. The van der Waals surface area contributed by atoms with E-state index in [0.29, 0.717) is 12.6 Å². The van der Waals surface area contributed by atoms with Gasteiger partial charge in [0.25, 0.3) is 0 Å². The molecule has 0 unspecified atom stereocenters. The highest BCUT2D eigenvalue weighted by atomic mass is 32.1. The van der Waals surface area contributed by atoms with Gasteiger partial charge in [0, 0.05) is 6.04 Å². The van der Waals surface area contributed by atoms with E-state index >= 15 is 0 Å². The molecule has 19 heavy (non-hydrogen) atoms. The van der Waals surface area contributed by atoms with Gasteiger partial charge in [-0.3, -0.25) is 0 Å². The third-order valence-corrected chi connectivity index (χ3v) is 4.18. The number of carbonyl (C=O) groups is 1. The minimum absolute atomic E-state index is 0.113. The monoisotopic (exact) mass is 280 g/mol. The number of hydrogen-bond donors (Lipinski definition) is 2. The smallest absolute Gasteiger partial charge is 0.315 e. The minimum Gasteiger partial charge on any atom is -0.335 e. The second-order valence-electron chi connectivity index (χ2n) is 4.72. The molecule has 1 saturated carbocycles. The number of amides is 2. The Balaban J connectivity index is 1.48. The molecule has 8 heteroatoms. The number of aromatic nitrogens is 4. The van der Waals surface area contributed by atoms with E-state index in [1.807, 2.05) is 0 Å². The van der Waals surface area contributed by atoms with Gasteiger partial charge >= 0.3 is 6.03 Å². The molecule has 1 aliphatic carbocycles. The molecule has 2 aromatic rings. The maximum Gasteiger partial charge on any atom is 0.315 e. The van der Waals surface area contributed by atoms with Crippen LogP contribution in [0.2, 0.25) is 0 Å². The predicted octanol–water partition coefficient (Wildman–Crippen LogP) is 1.32. The van der Waals surface area contributed by atoms with Crippen LogP contribution in [0.5, 0.6) is 0 Å². The zero-order valence-electron chi connectivity index (χ0n) is 10.5. The SMILES string of the molecule is O=C(NCc1nn2cnnc2s1)NC1CCCCC1. The largest absolute Gasteiger partial charge is 0.335 e. The van der Waals surface area contributed by atoms with Gasteiger partial charge in [-0.05, 0) is 12.8 Å². The second-order valence-corrected chi connectivity index (χ2v) is 5.76. The van der Waals surface area contributed by atoms with Gasteiger partial charge in [0.05, 0.1) is 6.54 Å². The Bertz CT molecular complexity index is 530. The lowest BCUT2D eigenvalue weighted by Crippen LogP contribution is -2.42. The van der Waals surface area contributed by atoms with Crippen LogP contribution in [0.3, 0.4) is 0 Å². The molecule has 3 rings (SSSR count). The topological polar surface area (TPSA) is 84.2 Å². The average molecular weight is 280 g/mol. The Morgan fingerprint density at radius 3 is 3.05 bits per heavy atom. The quantitative estimate of drug-likeness (QED) is 0.888. The Labute approximate surface area is 114 Å². The summed E-state index contributed by atoms with van der Waals surface area (Å²) in [5.74, 6) is 0. The van der Waals surface area contributed by atoms with Crippen LogP contribution in [0.4, 0.5) is 4.79 Å². The van der Waals surface area contributed by atoms with Gasteiger partial charge in [-0.2, -0.15) is 9.61 Å². The van der Waals surface area contributed by atoms with Crippen molar-refractivity contribution in [2.75, 3.05) is 0 Å². The Morgan fingerprint density at radius 2 is 2.26 bits per heavy atom. The molecule has 2 amide bonds. The van der Waals surface area contributed by atoms with Crippen molar-refractivity contribution in [3.05, 3.63) is 11.3 Å². The molecule has 0 radical (unpaired) electrons. The van der Waals surface area contributed by atoms with Crippen molar-refractivity contribution >= 4 is 22.3 Å². The molecule has 0 bridgehead atoms. The number of urea groups is 1. The predicted molar refractivity (Wildman–Crippen MR) is 70.9 cm³/mol. The molecule has 0 spiro atoms. The van der Waals surface area contributed by atoms with Crippen molar-refractivity contribution in [2.45, 2.75) is 44.7 Å². The van der Waals surface area contributed by atoms with E-state index in [1.165, 1.54) is 30.6 Å². The molecule has 0 atom stereocenters. The van der Waals surface area contributed by atoms with Crippen molar-refractivity contribution in [3.8, 4) is 0 Å². The van der Waals surface area contributed by atoms with Crippen molar-refractivity contribution in [1.82, 2.24) is 30.4 Å². The van der Waals surface area contributed by atoms with Crippen molar-refractivity contribution < 1.29 is 4.79 Å². The first-order valence-electron chi connectivity index (χ1n) is 6.51. The standard InChI is InChI=1S/C11H16N6OS/c18-10(14-8-4-2-1-3-5-8)12-6-9-16-17-7-13-15-11(17)19-9/h7-8H,1-6H2,(H2,12,14,18). The summed E-state index contributed by atoms with van der Waals surface area (Å²) in [6, 6.07) is 0.212. The van der Waals surface area contributed by atoms with Crippen molar-refractivity contribution in [1.29, 1.82) is 0 Å². The maximum absolute atomic E-state index is 11.8. The Morgan fingerprint density at radius 1 is 1.42 bits per heavy atom. The van der Waals surface area contributed by atoms with Crippen LogP contribution in [-0.2, 0) is 6.54 Å². The number of hydrogen-bond acceptors (Lipinski definition) is 5. The lowest BCUT2D eigenvalue weighted by molar-refractivity contribution is 0.232. The summed E-state index contributed by atoms with van der Waals surface area (Å²) in [4.78, 5) is 12.5. The van der Waals surface area contributed by atoms with Crippen LogP contribution in [0.25, 0.3) is 4.96 Å². The van der Waals surface area contributed by atoms with Gasteiger partial charge in [-0.25, -0.2) is 4.79 Å². The second kappa shape index (κ2) is 5.52. The molecule has 1 aliphatic rings. The zero-order chi connectivity index (χ0) is 13.1. The average Bonchev–Trinajstić information content (AvgIpc) is 2.98. The van der Waals surface area contributed by atoms with Gasteiger partial charge in [0.15, 0.2) is 0 Å². The molecule has 0 aliphatic heterocycles. The fourth-order valence-corrected chi connectivity index (χ4v) is 3.07. The summed E-state index contributed by atoms with van der Waals surface area (Å²) < 4.78 is 1.61. The molecule has 1 fully saturated rings. The summed E-state index contributed by atoms with van der Waals surface area (Å²) in [5.41, 5.74) is 0. The van der Waals surface area contributed by atoms with Gasteiger partial charge in [0.1, 0.15) is 11.3 Å². The molecular weight excluding hydrogens is 264 g/mol. The van der Waals surface area contributed by atoms with Crippen LogP contribution in [-0.4, -0.2) is 31.9 Å². The van der Waals surface area contributed by atoms with E-state index in [2.05, 4.69) is 25.9 Å². The van der Waals surface area contributed by atoms with Crippen molar-refractivity contribution in [2.24, 2.45) is 0 Å². The highest BCUT2D eigenvalue weighted by Gasteiger charge is 2.15. The number of nitrogens with zero attached hydrogens (tertiary/aromatic N) is 4. The highest BCUT2D eigenvalue weighted by Crippen LogP contribution is 2.17. The molecule has 2 N–H and O–H groups in total. The molecule has 102 valence electrons. The van der Waals surface area contributed by atoms with Gasteiger partial charge in [-0.1, -0.05) is 30.6 Å². The normalized spacial score (nSPS) is 16.6.